The fourth-order valence-corrected chi connectivity index (χ4v) is 3.39. The highest BCUT2D eigenvalue weighted by Gasteiger charge is 2.20. The molecule has 0 spiro atoms. The Kier molecular flexibility index (Phi) is 8.19. The first-order valence-corrected chi connectivity index (χ1v) is 10.6. The first kappa shape index (κ1) is 22.2. The van der Waals surface area contributed by atoms with Crippen molar-refractivity contribution in [2.24, 2.45) is 5.92 Å². The molecule has 3 rings (SSSR count). The highest BCUT2D eigenvalue weighted by atomic mass is 16.5. The molecule has 2 N–H and O–H groups in total. The van der Waals surface area contributed by atoms with E-state index in [4.69, 9.17) is 4.74 Å². The van der Waals surface area contributed by atoms with Crippen LogP contribution in [-0.2, 0) is 4.74 Å². The number of carbonyl (C=O) groups excluding carboxylic acids is 1. The van der Waals surface area contributed by atoms with Crippen molar-refractivity contribution in [2.45, 2.75) is 20.0 Å². The number of anilines is 2. The van der Waals surface area contributed by atoms with E-state index in [-0.39, 0.29) is 5.91 Å². The van der Waals surface area contributed by atoms with Gasteiger partial charge >= 0.3 is 0 Å². The summed E-state index contributed by atoms with van der Waals surface area (Å²) >= 11 is 0. The monoisotopic (exact) mass is 412 g/mol. The number of ether oxygens (including phenoxy) is 1. The smallest absolute Gasteiger partial charge is 0.255 e. The standard InChI is InChI=1S/C23H32N4O3/c1-18(2)16-30-17-21(28)15-26-10-12-27(13-11-26)22-9-8-20(14-24-22)25-23(29)19-6-4-3-5-7-19/h3-9,14,18,21,28H,10-13,15-17H2,1-2H3,(H,25,29). The molecule has 0 saturated carbocycles. The largest absolute Gasteiger partial charge is 0.389 e. The van der Waals surface area contributed by atoms with Crippen molar-refractivity contribution in [2.75, 3.05) is 56.2 Å². The van der Waals surface area contributed by atoms with E-state index >= 15 is 0 Å². The van der Waals surface area contributed by atoms with Gasteiger partial charge in [-0.25, -0.2) is 4.98 Å². The second-order valence-corrected chi connectivity index (χ2v) is 8.10. The molecule has 1 aliphatic heterocycles. The highest BCUT2D eigenvalue weighted by molar-refractivity contribution is 6.04. The third-order valence-corrected chi connectivity index (χ3v) is 4.97. The molecule has 1 amide bonds. The van der Waals surface area contributed by atoms with Crippen LogP contribution in [0.5, 0.6) is 0 Å². The van der Waals surface area contributed by atoms with Gasteiger partial charge in [-0.2, -0.15) is 0 Å². The Morgan fingerprint density at radius 2 is 1.83 bits per heavy atom. The quantitative estimate of drug-likeness (QED) is 0.659. The summed E-state index contributed by atoms with van der Waals surface area (Å²) in [4.78, 5) is 21.2. The third-order valence-electron chi connectivity index (χ3n) is 4.97. The maximum atomic E-state index is 12.2. The van der Waals surface area contributed by atoms with E-state index in [1.165, 1.54) is 0 Å². The first-order valence-electron chi connectivity index (χ1n) is 10.6. The predicted octanol–water partition coefficient (Wildman–Crippen LogP) is 2.49. The molecule has 162 valence electrons. The number of hydrogen-bond acceptors (Lipinski definition) is 6. The van der Waals surface area contributed by atoms with Crippen LogP contribution in [-0.4, -0.2) is 72.9 Å². The number of nitrogens with zero attached hydrogens (tertiary/aromatic N) is 3. The molecule has 1 unspecified atom stereocenters. The number of hydrogen-bond donors (Lipinski definition) is 2. The molecular weight excluding hydrogens is 380 g/mol. The third kappa shape index (κ3) is 6.79. The highest BCUT2D eigenvalue weighted by Crippen LogP contribution is 2.17. The van der Waals surface area contributed by atoms with Crippen molar-refractivity contribution in [1.29, 1.82) is 0 Å². The lowest BCUT2D eigenvalue weighted by molar-refractivity contribution is 0.00745. The van der Waals surface area contributed by atoms with E-state index in [9.17, 15) is 9.90 Å². The van der Waals surface area contributed by atoms with E-state index in [2.05, 4.69) is 33.9 Å². The molecule has 1 atom stereocenters. The summed E-state index contributed by atoms with van der Waals surface area (Å²) in [5.74, 6) is 1.23. The molecule has 30 heavy (non-hydrogen) atoms. The van der Waals surface area contributed by atoms with Gasteiger partial charge in [0.1, 0.15) is 5.82 Å². The molecule has 2 heterocycles. The van der Waals surface area contributed by atoms with Gasteiger partial charge in [0.15, 0.2) is 0 Å². The average Bonchev–Trinajstić information content (AvgIpc) is 2.75. The molecule has 0 aliphatic carbocycles. The number of β-amino-alcohol motifs (C(OH)–C–C–N with tert-alkyl or cyclic N) is 1. The predicted molar refractivity (Wildman–Crippen MR) is 119 cm³/mol. The fourth-order valence-electron chi connectivity index (χ4n) is 3.39. The minimum absolute atomic E-state index is 0.144. The van der Waals surface area contributed by atoms with E-state index in [1.54, 1.807) is 18.3 Å². The van der Waals surface area contributed by atoms with Gasteiger partial charge in [-0.1, -0.05) is 32.0 Å². The van der Waals surface area contributed by atoms with Crippen LogP contribution in [0.3, 0.4) is 0 Å². The Hall–Kier alpha value is -2.48. The number of amides is 1. The molecular formula is C23H32N4O3. The zero-order valence-electron chi connectivity index (χ0n) is 17.8. The molecule has 7 heteroatoms. The van der Waals surface area contributed by atoms with Crippen LogP contribution in [0.2, 0.25) is 0 Å². The molecule has 1 aromatic heterocycles. The minimum atomic E-state index is -0.457. The number of aliphatic hydroxyl groups excluding tert-OH is 1. The number of piperazine rings is 1. The van der Waals surface area contributed by atoms with E-state index in [0.717, 1.165) is 32.0 Å². The van der Waals surface area contributed by atoms with Crippen LogP contribution in [0.15, 0.2) is 48.7 Å². The topological polar surface area (TPSA) is 77.9 Å². The lowest BCUT2D eigenvalue weighted by atomic mass is 10.2. The summed E-state index contributed by atoms with van der Waals surface area (Å²) in [7, 11) is 0. The van der Waals surface area contributed by atoms with E-state index in [1.807, 2.05) is 30.3 Å². The number of carbonyl (C=O) groups is 1. The van der Waals surface area contributed by atoms with Gasteiger partial charge in [0.2, 0.25) is 0 Å². The van der Waals surface area contributed by atoms with Crippen LogP contribution >= 0.6 is 0 Å². The molecule has 1 aromatic carbocycles. The molecule has 2 aromatic rings. The van der Waals surface area contributed by atoms with Crippen LogP contribution in [0.25, 0.3) is 0 Å². The summed E-state index contributed by atoms with van der Waals surface area (Å²) in [5.41, 5.74) is 1.30. The number of benzene rings is 1. The van der Waals surface area contributed by atoms with Gasteiger partial charge in [-0.05, 0) is 30.2 Å². The number of nitrogens with one attached hydrogen (secondary N) is 1. The van der Waals surface area contributed by atoms with Crippen molar-refractivity contribution < 1.29 is 14.6 Å². The summed E-state index contributed by atoms with van der Waals surface area (Å²) in [6.07, 6.45) is 1.24. The van der Waals surface area contributed by atoms with Gasteiger partial charge in [-0.15, -0.1) is 0 Å². The molecule has 1 saturated heterocycles. The average molecular weight is 413 g/mol. The molecule has 0 radical (unpaired) electrons. The van der Waals surface area contributed by atoms with Crippen molar-refractivity contribution in [3.05, 3.63) is 54.2 Å². The zero-order chi connectivity index (χ0) is 21.3. The maximum Gasteiger partial charge on any atom is 0.255 e. The Bertz CT molecular complexity index is 775. The lowest BCUT2D eigenvalue weighted by Crippen LogP contribution is -2.49. The molecule has 0 bridgehead atoms. The van der Waals surface area contributed by atoms with Crippen LogP contribution in [0.1, 0.15) is 24.2 Å². The Morgan fingerprint density at radius 3 is 2.47 bits per heavy atom. The maximum absolute atomic E-state index is 12.2. The van der Waals surface area contributed by atoms with Gasteiger partial charge in [0.25, 0.3) is 5.91 Å². The lowest BCUT2D eigenvalue weighted by Gasteiger charge is -2.36. The van der Waals surface area contributed by atoms with Gasteiger partial charge in [-0.3, -0.25) is 9.69 Å². The summed E-state index contributed by atoms with van der Waals surface area (Å²) in [6, 6.07) is 12.9. The first-order chi connectivity index (χ1) is 14.5. The van der Waals surface area contributed by atoms with Crippen molar-refractivity contribution in [1.82, 2.24) is 9.88 Å². The Morgan fingerprint density at radius 1 is 1.10 bits per heavy atom. The molecule has 1 fully saturated rings. The van der Waals surface area contributed by atoms with Crippen LogP contribution in [0.4, 0.5) is 11.5 Å². The molecule has 7 nitrogen and oxygen atoms in total. The SMILES string of the molecule is CC(C)COCC(O)CN1CCN(c2ccc(NC(=O)c3ccccc3)cn2)CC1. The Balaban J connectivity index is 1.43. The number of aromatic nitrogens is 1. The van der Waals surface area contributed by atoms with Crippen LogP contribution < -0.4 is 10.2 Å². The van der Waals surface area contributed by atoms with E-state index < -0.39 is 6.10 Å². The minimum Gasteiger partial charge on any atom is -0.389 e. The van der Waals surface area contributed by atoms with Gasteiger partial charge in [0, 0.05) is 44.9 Å². The van der Waals surface area contributed by atoms with Gasteiger partial charge in [0.05, 0.1) is 24.6 Å². The fraction of sp³-hybridized carbons (Fsp3) is 0.478. The summed E-state index contributed by atoms with van der Waals surface area (Å²) < 4.78 is 5.53. The number of aliphatic hydroxyl groups is 1. The summed E-state index contributed by atoms with van der Waals surface area (Å²) in [6.45, 7) is 9.33. The second kappa shape index (κ2) is 11.1. The van der Waals surface area contributed by atoms with Gasteiger partial charge < -0.3 is 20.1 Å². The van der Waals surface area contributed by atoms with Crippen molar-refractivity contribution >= 4 is 17.4 Å². The van der Waals surface area contributed by atoms with Crippen molar-refractivity contribution in [3.8, 4) is 0 Å². The Labute approximate surface area is 178 Å². The summed E-state index contributed by atoms with van der Waals surface area (Å²) in [5, 5.41) is 13.0. The van der Waals surface area contributed by atoms with E-state index in [0.29, 0.717) is 36.9 Å². The van der Waals surface area contributed by atoms with Crippen LogP contribution in [0, 0.1) is 5.92 Å². The molecule has 1 aliphatic rings. The van der Waals surface area contributed by atoms with Crippen molar-refractivity contribution in [3.63, 3.8) is 0 Å². The number of rotatable bonds is 9. The zero-order valence-corrected chi connectivity index (χ0v) is 17.8. The number of pyridine rings is 1. The normalized spacial score (nSPS) is 15.9. The second-order valence-electron chi connectivity index (χ2n) is 8.10.